The van der Waals surface area contributed by atoms with Crippen LogP contribution in [-0.2, 0) is 14.3 Å². The Morgan fingerprint density at radius 1 is 1.44 bits per heavy atom. The summed E-state index contributed by atoms with van der Waals surface area (Å²) in [6.07, 6.45) is -0.784. The van der Waals surface area contributed by atoms with Crippen LogP contribution in [-0.4, -0.2) is 54.2 Å². The van der Waals surface area contributed by atoms with E-state index in [0.717, 1.165) is 7.11 Å². The first-order valence-corrected chi connectivity index (χ1v) is 4.78. The van der Waals surface area contributed by atoms with Gasteiger partial charge in [-0.3, -0.25) is 4.79 Å². The Kier molecular flexibility index (Phi) is 3.70. The summed E-state index contributed by atoms with van der Waals surface area (Å²) in [7, 11) is 1.16. The number of carbonyl (C=O) groups is 3. The zero-order valence-electron chi connectivity index (χ0n) is 9.10. The summed E-state index contributed by atoms with van der Waals surface area (Å²) in [5, 5.41) is 11.1. The van der Waals surface area contributed by atoms with Gasteiger partial charge in [-0.25, -0.2) is 9.59 Å². The largest absolute Gasteiger partial charge is 0.480 e. The highest BCUT2D eigenvalue weighted by Crippen LogP contribution is 2.19. The first kappa shape index (κ1) is 12.3. The molecule has 0 spiro atoms. The summed E-state index contributed by atoms with van der Waals surface area (Å²) in [5.74, 6) is -1.49. The van der Waals surface area contributed by atoms with Crippen molar-refractivity contribution in [2.75, 3.05) is 20.2 Å². The highest BCUT2D eigenvalue weighted by atomic mass is 16.5. The lowest BCUT2D eigenvalue weighted by atomic mass is 9.91. The summed E-state index contributed by atoms with van der Waals surface area (Å²) in [6.45, 7) is 2.10. The standard InChI is InChI=1S/C9H14N2O5/c1-5(12)11-3-6(4-11)7(8(13)14)10-9(15)16-2/h6-7H,3-4H2,1-2H3,(H,10,15)(H,13,14)/t7-/m0/s1. The Balaban J connectivity index is 2.51. The molecule has 2 N–H and O–H groups in total. The van der Waals surface area contributed by atoms with E-state index >= 15 is 0 Å². The number of carboxylic acids is 1. The Morgan fingerprint density at radius 3 is 2.38 bits per heavy atom. The maximum Gasteiger partial charge on any atom is 0.407 e. The van der Waals surface area contributed by atoms with E-state index in [4.69, 9.17) is 5.11 Å². The number of nitrogens with zero attached hydrogens (tertiary/aromatic N) is 1. The maximum absolute atomic E-state index is 10.9. The second-order valence-corrected chi connectivity index (χ2v) is 3.64. The molecule has 90 valence electrons. The van der Waals surface area contributed by atoms with Crippen molar-refractivity contribution in [1.82, 2.24) is 10.2 Å². The molecule has 1 saturated heterocycles. The quantitative estimate of drug-likeness (QED) is 0.666. The van der Waals surface area contributed by atoms with E-state index in [9.17, 15) is 14.4 Å². The molecule has 1 rings (SSSR count). The average Bonchev–Trinajstić information content (AvgIpc) is 2.12. The second-order valence-electron chi connectivity index (χ2n) is 3.64. The topological polar surface area (TPSA) is 95.9 Å². The number of amides is 2. The molecule has 1 heterocycles. The third-order valence-electron chi connectivity index (χ3n) is 2.55. The minimum Gasteiger partial charge on any atom is -0.480 e. The molecule has 0 aromatic rings. The van der Waals surface area contributed by atoms with Gasteiger partial charge in [0.15, 0.2) is 0 Å². The number of methoxy groups -OCH3 is 1. The lowest BCUT2D eigenvalue weighted by molar-refractivity contribution is -0.147. The van der Waals surface area contributed by atoms with Crippen LogP contribution in [0.15, 0.2) is 0 Å². The van der Waals surface area contributed by atoms with Crippen molar-refractivity contribution in [3.05, 3.63) is 0 Å². The normalized spacial score (nSPS) is 17.2. The molecule has 0 aromatic heterocycles. The summed E-state index contributed by atoms with van der Waals surface area (Å²) < 4.78 is 4.33. The van der Waals surface area contributed by atoms with Gasteiger partial charge in [-0.15, -0.1) is 0 Å². The first-order valence-electron chi connectivity index (χ1n) is 4.78. The molecule has 0 aliphatic carbocycles. The molecule has 0 aromatic carbocycles. The van der Waals surface area contributed by atoms with Gasteiger partial charge >= 0.3 is 12.1 Å². The number of hydrogen-bond donors (Lipinski definition) is 2. The fourth-order valence-corrected chi connectivity index (χ4v) is 1.55. The summed E-state index contributed by atoms with van der Waals surface area (Å²) in [6, 6.07) is -1.01. The molecule has 0 saturated carbocycles. The number of alkyl carbamates (subject to hydrolysis) is 1. The fourth-order valence-electron chi connectivity index (χ4n) is 1.55. The van der Waals surface area contributed by atoms with Crippen molar-refractivity contribution in [1.29, 1.82) is 0 Å². The van der Waals surface area contributed by atoms with E-state index < -0.39 is 18.1 Å². The minimum absolute atomic E-state index is 0.0987. The van der Waals surface area contributed by atoms with Crippen molar-refractivity contribution >= 4 is 18.0 Å². The van der Waals surface area contributed by atoms with E-state index in [2.05, 4.69) is 10.1 Å². The zero-order chi connectivity index (χ0) is 12.3. The molecule has 7 heteroatoms. The predicted octanol–water partition coefficient (Wildman–Crippen LogP) is -0.726. The Morgan fingerprint density at radius 2 is 2.00 bits per heavy atom. The van der Waals surface area contributed by atoms with Gasteiger partial charge in [-0.1, -0.05) is 0 Å². The van der Waals surface area contributed by atoms with Gasteiger partial charge in [-0.05, 0) is 0 Å². The number of carbonyl (C=O) groups excluding carboxylic acids is 2. The van der Waals surface area contributed by atoms with Crippen LogP contribution in [0.1, 0.15) is 6.92 Å². The zero-order valence-corrected chi connectivity index (χ0v) is 9.10. The molecule has 7 nitrogen and oxygen atoms in total. The summed E-state index contributed by atoms with van der Waals surface area (Å²) >= 11 is 0. The average molecular weight is 230 g/mol. The van der Waals surface area contributed by atoms with Crippen LogP contribution < -0.4 is 5.32 Å². The molecule has 1 fully saturated rings. The third-order valence-corrected chi connectivity index (χ3v) is 2.55. The summed E-state index contributed by atoms with van der Waals surface area (Å²) in [5.41, 5.74) is 0. The molecule has 16 heavy (non-hydrogen) atoms. The molecule has 1 aliphatic heterocycles. The number of rotatable bonds is 3. The minimum atomic E-state index is -1.13. The van der Waals surface area contributed by atoms with Crippen LogP contribution in [0, 0.1) is 5.92 Å². The van der Waals surface area contributed by atoms with Crippen LogP contribution in [0.5, 0.6) is 0 Å². The van der Waals surface area contributed by atoms with Gasteiger partial charge in [0, 0.05) is 25.9 Å². The van der Waals surface area contributed by atoms with Crippen LogP contribution in [0.4, 0.5) is 4.79 Å². The predicted molar refractivity (Wildman–Crippen MR) is 52.7 cm³/mol. The van der Waals surface area contributed by atoms with E-state index in [1.54, 1.807) is 0 Å². The lowest BCUT2D eigenvalue weighted by Gasteiger charge is -2.41. The Hall–Kier alpha value is -1.79. The number of likely N-dealkylation sites (tertiary alicyclic amines) is 1. The highest BCUT2D eigenvalue weighted by molar-refractivity contribution is 5.81. The third kappa shape index (κ3) is 2.62. The molecule has 0 bridgehead atoms. The Bertz CT molecular complexity index is 311. The Labute approximate surface area is 92.4 Å². The van der Waals surface area contributed by atoms with Crippen LogP contribution >= 0.6 is 0 Å². The molecule has 2 amide bonds. The maximum atomic E-state index is 10.9. The van der Waals surface area contributed by atoms with E-state index in [1.165, 1.54) is 11.8 Å². The molecular formula is C9H14N2O5. The fraction of sp³-hybridized carbons (Fsp3) is 0.667. The van der Waals surface area contributed by atoms with E-state index in [-0.39, 0.29) is 11.8 Å². The van der Waals surface area contributed by atoms with Crippen LogP contribution in [0.3, 0.4) is 0 Å². The van der Waals surface area contributed by atoms with Gasteiger partial charge in [0.2, 0.25) is 5.91 Å². The first-order chi connectivity index (χ1) is 7.45. The van der Waals surface area contributed by atoms with Gasteiger partial charge < -0.3 is 20.1 Å². The van der Waals surface area contributed by atoms with Crippen molar-refractivity contribution in [3.8, 4) is 0 Å². The number of aliphatic carboxylic acids is 1. The highest BCUT2D eigenvalue weighted by Gasteiger charge is 2.39. The molecule has 1 aliphatic rings. The van der Waals surface area contributed by atoms with Crippen molar-refractivity contribution < 1.29 is 24.2 Å². The number of carboxylic acid groups (broad SMARTS) is 1. The number of nitrogens with one attached hydrogen (secondary N) is 1. The van der Waals surface area contributed by atoms with Crippen molar-refractivity contribution in [2.45, 2.75) is 13.0 Å². The van der Waals surface area contributed by atoms with Gasteiger partial charge in [0.05, 0.1) is 7.11 Å². The molecular weight excluding hydrogens is 216 g/mol. The lowest BCUT2D eigenvalue weighted by Crippen LogP contribution is -2.60. The van der Waals surface area contributed by atoms with Gasteiger partial charge in [0.1, 0.15) is 6.04 Å². The van der Waals surface area contributed by atoms with Gasteiger partial charge in [0.25, 0.3) is 0 Å². The van der Waals surface area contributed by atoms with Crippen LogP contribution in [0.25, 0.3) is 0 Å². The van der Waals surface area contributed by atoms with Crippen LogP contribution in [0.2, 0.25) is 0 Å². The SMILES string of the molecule is COC(=O)N[C@H](C(=O)O)C1CN(C(C)=O)C1. The monoisotopic (exact) mass is 230 g/mol. The molecule has 1 atom stereocenters. The van der Waals surface area contributed by atoms with Crippen molar-refractivity contribution in [3.63, 3.8) is 0 Å². The second kappa shape index (κ2) is 4.82. The van der Waals surface area contributed by atoms with Gasteiger partial charge in [-0.2, -0.15) is 0 Å². The molecule has 0 radical (unpaired) electrons. The van der Waals surface area contributed by atoms with E-state index in [1.807, 2.05) is 0 Å². The van der Waals surface area contributed by atoms with E-state index in [0.29, 0.717) is 13.1 Å². The summed E-state index contributed by atoms with van der Waals surface area (Å²) in [4.78, 5) is 34.2. The number of hydrogen-bond acceptors (Lipinski definition) is 4. The number of ether oxygens (including phenoxy) is 1. The molecule has 0 unspecified atom stereocenters. The van der Waals surface area contributed by atoms with Crippen molar-refractivity contribution in [2.24, 2.45) is 5.92 Å². The smallest absolute Gasteiger partial charge is 0.407 e.